The molecule has 37 heavy (non-hydrogen) atoms. The van der Waals surface area contributed by atoms with E-state index in [1.165, 1.54) is 6.33 Å². The van der Waals surface area contributed by atoms with Crippen LogP contribution in [0.15, 0.2) is 67.1 Å². The summed E-state index contributed by atoms with van der Waals surface area (Å²) in [6.07, 6.45) is 4.60. The molecule has 2 aromatic carbocycles. The van der Waals surface area contributed by atoms with Gasteiger partial charge in [-0.2, -0.15) is 0 Å². The maximum atomic E-state index is 13.1. The largest absolute Gasteiger partial charge is 0.457 e. The summed E-state index contributed by atoms with van der Waals surface area (Å²) in [5.74, 6) is 1.90. The Hall–Kier alpha value is -3.95. The van der Waals surface area contributed by atoms with E-state index in [0.29, 0.717) is 24.4 Å². The van der Waals surface area contributed by atoms with Gasteiger partial charge in [0, 0.05) is 44.4 Å². The SMILES string of the molecule is CCC(=O)N(CCCN1CCOCC1)n1cc(-c2ccc(Oc3ccccc3)cc2)c2c(N)ncnc21. The molecule has 0 aliphatic carbocycles. The van der Waals surface area contributed by atoms with Crippen molar-refractivity contribution < 1.29 is 14.3 Å². The minimum absolute atomic E-state index is 0.0224. The van der Waals surface area contributed by atoms with Crippen molar-refractivity contribution in [3.8, 4) is 22.6 Å². The number of rotatable bonds is 9. The van der Waals surface area contributed by atoms with Crippen LogP contribution in [0, 0.1) is 0 Å². The molecule has 1 aliphatic heterocycles. The number of hydrogen-bond donors (Lipinski definition) is 1. The molecule has 1 fully saturated rings. The van der Waals surface area contributed by atoms with Crippen LogP contribution < -0.4 is 15.5 Å². The Morgan fingerprint density at radius 3 is 2.51 bits per heavy atom. The predicted molar refractivity (Wildman–Crippen MR) is 144 cm³/mol. The quantitative estimate of drug-likeness (QED) is 0.370. The maximum Gasteiger partial charge on any atom is 0.241 e. The Labute approximate surface area is 216 Å². The van der Waals surface area contributed by atoms with Crippen molar-refractivity contribution >= 4 is 22.8 Å². The molecule has 192 valence electrons. The molecule has 1 amide bonds. The van der Waals surface area contributed by atoms with Gasteiger partial charge in [-0.1, -0.05) is 37.3 Å². The second-order valence-corrected chi connectivity index (χ2v) is 8.96. The van der Waals surface area contributed by atoms with Crippen molar-refractivity contribution in [1.29, 1.82) is 0 Å². The molecule has 0 radical (unpaired) electrons. The first-order valence-electron chi connectivity index (χ1n) is 12.7. The van der Waals surface area contributed by atoms with Crippen LogP contribution in [0.2, 0.25) is 0 Å². The van der Waals surface area contributed by atoms with Crippen molar-refractivity contribution in [3.05, 3.63) is 67.1 Å². The van der Waals surface area contributed by atoms with Gasteiger partial charge in [0.2, 0.25) is 5.91 Å². The van der Waals surface area contributed by atoms with Gasteiger partial charge in [0.15, 0.2) is 5.65 Å². The first-order valence-corrected chi connectivity index (χ1v) is 12.7. The number of fused-ring (bicyclic) bond motifs is 1. The smallest absolute Gasteiger partial charge is 0.241 e. The number of nitrogens with zero attached hydrogens (tertiary/aromatic N) is 5. The Kier molecular flexibility index (Phi) is 7.62. The van der Waals surface area contributed by atoms with Crippen LogP contribution in [0.1, 0.15) is 19.8 Å². The number of morpholine rings is 1. The highest BCUT2D eigenvalue weighted by Crippen LogP contribution is 2.34. The van der Waals surface area contributed by atoms with Crippen molar-refractivity contribution in [2.24, 2.45) is 0 Å². The first-order chi connectivity index (χ1) is 18.1. The van der Waals surface area contributed by atoms with Crippen molar-refractivity contribution in [2.75, 3.05) is 50.1 Å². The lowest BCUT2D eigenvalue weighted by Gasteiger charge is -2.28. The summed E-state index contributed by atoms with van der Waals surface area (Å²) >= 11 is 0. The van der Waals surface area contributed by atoms with Crippen LogP contribution in [0.3, 0.4) is 0 Å². The molecule has 1 aliphatic rings. The summed E-state index contributed by atoms with van der Waals surface area (Å²) in [6, 6.07) is 17.5. The minimum atomic E-state index is 0.0224. The zero-order valence-corrected chi connectivity index (χ0v) is 21.0. The second-order valence-electron chi connectivity index (χ2n) is 8.96. The molecule has 0 spiro atoms. The van der Waals surface area contributed by atoms with Crippen LogP contribution in [-0.2, 0) is 9.53 Å². The summed E-state index contributed by atoms with van der Waals surface area (Å²) in [6.45, 7) is 6.71. The van der Waals surface area contributed by atoms with Crippen LogP contribution >= 0.6 is 0 Å². The molecule has 0 saturated carbocycles. The first kappa shape index (κ1) is 24.7. The van der Waals surface area contributed by atoms with E-state index in [9.17, 15) is 4.79 Å². The number of hydrogen-bond acceptors (Lipinski definition) is 7. The molecular formula is C28H32N6O3. The van der Waals surface area contributed by atoms with E-state index in [2.05, 4.69) is 14.9 Å². The lowest BCUT2D eigenvalue weighted by molar-refractivity contribution is -0.119. The van der Waals surface area contributed by atoms with Gasteiger partial charge in [-0.3, -0.25) is 9.69 Å². The average Bonchev–Trinajstić information content (AvgIpc) is 3.33. The Balaban J connectivity index is 1.44. The maximum absolute atomic E-state index is 13.1. The number of nitrogens with two attached hydrogens (primary N) is 1. The number of carbonyl (C=O) groups excluding carboxylic acids is 1. The second kappa shape index (κ2) is 11.4. The summed E-state index contributed by atoms with van der Waals surface area (Å²) < 4.78 is 13.2. The molecule has 5 rings (SSSR count). The van der Waals surface area contributed by atoms with Crippen LogP contribution in [0.4, 0.5) is 5.82 Å². The molecule has 4 aromatic rings. The topological polar surface area (TPSA) is 98.7 Å². The van der Waals surface area contributed by atoms with Crippen molar-refractivity contribution in [2.45, 2.75) is 19.8 Å². The van der Waals surface area contributed by atoms with Crippen LogP contribution in [0.5, 0.6) is 11.5 Å². The average molecular weight is 501 g/mol. The van der Waals surface area contributed by atoms with Gasteiger partial charge in [0.05, 0.1) is 18.6 Å². The fourth-order valence-electron chi connectivity index (χ4n) is 4.60. The molecule has 0 atom stereocenters. The summed E-state index contributed by atoms with van der Waals surface area (Å²) in [5.41, 5.74) is 8.74. The number of benzene rings is 2. The molecule has 3 heterocycles. The Bertz CT molecular complexity index is 1330. The van der Waals surface area contributed by atoms with Crippen LogP contribution in [0.25, 0.3) is 22.2 Å². The fourth-order valence-corrected chi connectivity index (χ4v) is 4.60. The number of para-hydroxylation sites is 1. The van der Waals surface area contributed by atoms with Gasteiger partial charge >= 0.3 is 0 Å². The third-order valence-electron chi connectivity index (χ3n) is 6.54. The minimum Gasteiger partial charge on any atom is -0.457 e. The van der Waals surface area contributed by atoms with Gasteiger partial charge in [-0.05, 0) is 36.2 Å². The normalized spacial score (nSPS) is 14.1. The van der Waals surface area contributed by atoms with Crippen LogP contribution in [-0.4, -0.2) is 64.8 Å². The van der Waals surface area contributed by atoms with E-state index in [1.54, 1.807) is 5.01 Å². The summed E-state index contributed by atoms with van der Waals surface area (Å²) in [4.78, 5) is 24.2. The van der Waals surface area contributed by atoms with E-state index < -0.39 is 0 Å². The lowest BCUT2D eigenvalue weighted by Crippen LogP contribution is -2.43. The Morgan fingerprint density at radius 1 is 1.05 bits per heavy atom. The summed E-state index contributed by atoms with van der Waals surface area (Å²) in [5, 5.41) is 2.49. The predicted octanol–water partition coefficient (Wildman–Crippen LogP) is 4.07. The third kappa shape index (κ3) is 5.58. The van der Waals surface area contributed by atoms with Crippen molar-refractivity contribution in [3.63, 3.8) is 0 Å². The zero-order chi connectivity index (χ0) is 25.6. The molecule has 9 nitrogen and oxygen atoms in total. The molecule has 9 heteroatoms. The monoisotopic (exact) mass is 500 g/mol. The number of carbonyl (C=O) groups is 1. The third-order valence-corrected chi connectivity index (χ3v) is 6.54. The highest BCUT2D eigenvalue weighted by molar-refractivity contribution is 6.02. The summed E-state index contributed by atoms with van der Waals surface area (Å²) in [7, 11) is 0. The molecule has 2 aromatic heterocycles. The van der Waals surface area contributed by atoms with Gasteiger partial charge in [0.1, 0.15) is 23.6 Å². The highest BCUT2D eigenvalue weighted by atomic mass is 16.5. The van der Waals surface area contributed by atoms with E-state index in [4.69, 9.17) is 15.2 Å². The van der Waals surface area contributed by atoms with Gasteiger partial charge in [-0.15, -0.1) is 0 Å². The zero-order valence-electron chi connectivity index (χ0n) is 21.0. The van der Waals surface area contributed by atoms with E-state index in [-0.39, 0.29) is 5.91 Å². The highest BCUT2D eigenvalue weighted by Gasteiger charge is 2.22. The van der Waals surface area contributed by atoms with Crippen molar-refractivity contribution in [1.82, 2.24) is 19.5 Å². The molecular weight excluding hydrogens is 468 g/mol. The van der Waals surface area contributed by atoms with Gasteiger partial charge in [-0.25, -0.2) is 19.7 Å². The fraction of sp³-hybridized carbons (Fsp3) is 0.321. The van der Waals surface area contributed by atoms with E-state index in [0.717, 1.165) is 67.3 Å². The van der Waals surface area contributed by atoms with Gasteiger partial charge < -0.3 is 15.2 Å². The molecule has 2 N–H and O–H groups in total. The van der Waals surface area contributed by atoms with E-state index in [1.807, 2.05) is 72.4 Å². The van der Waals surface area contributed by atoms with E-state index >= 15 is 0 Å². The number of ether oxygens (including phenoxy) is 2. The standard InChI is InChI=1S/C28H32N6O3/c1-2-25(35)33(14-6-13-32-15-17-36-18-16-32)34-19-24(26-27(29)30-20-31-28(26)34)21-9-11-23(12-10-21)37-22-7-4-3-5-8-22/h3-5,7-12,19-20H,2,6,13-18H2,1H3,(H2,29,30,31). The van der Waals surface area contributed by atoms with Gasteiger partial charge in [0.25, 0.3) is 0 Å². The number of nitrogen functional groups attached to an aromatic ring is 1. The lowest BCUT2D eigenvalue weighted by atomic mass is 10.1. The number of anilines is 1. The molecule has 1 saturated heterocycles. The number of aromatic nitrogens is 3. The number of amides is 1. The molecule has 0 bridgehead atoms. The Morgan fingerprint density at radius 2 is 1.78 bits per heavy atom. The molecule has 0 unspecified atom stereocenters.